The topological polar surface area (TPSA) is 98.3 Å². The van der Waals surface area contributed by atoms with Crippen LogP contribution in [0.15, 0.2) is 54.2 Å². The van der Waals surface area contributed by atoms with Gasteiger partial charge >= 0.3 is 0 Å². The summed E-state index contributed by atoms with van der Waals surface area (Å²) < 4.78 is 0. The highest BCUT2D eigenvalue weighted by atomic mass is 16.6. The van der Waals surface area contributed by atoms with Crippen LogP contribution in [0.4, 0.5) is 17.1 Å². The molecule has 0 amide bonds. The molecule has 6 nitrogen and oxygen atoms in total. The molecule has 0 aromatic heterocycles. The van der Waals surface area contributed by atoms with E-state index in [1.54, 1.807) is 12.1 Å². The molecule has 152 valence electrons. The lowest BCUT2D eigenvalue weighted by atomic mass is 9.88. The lowest BCUT2D eigenvalue weighted by Gasteiger charge is -2.19. The number of anilines is 2. The number of nitrogen functional groups attached to an aromatic ring is 1. The molecule has 28 heavy (non-hydrogen) atoms. The minimum atomic E-state index is -0.451. The maximum Gasteiger partial charge on any atom is 0.294 e. The molecule has 0 spiro atoms. The monoisotopic (exact) mass is 385 g/mol. The highest BCUT2D eigenvalue weighted by molar-refractivity contribution is 5.66. The van der Waals surface area contributed by atoms with Crippen LogP contribution in [0.3, 0.4) is 0 Å². The normalized spacial score (nSPS) is 12.3. The highest BCUT2D eigenvalue weighted by Crippen LogP contribution is 2.29. The molecule has 0 aliphatic heterocycles. The molecule has 0 saturated heterocycles. The predicted octanol–water partition coefficient (Wildman–Crippen LogP) is 5.43. The van der Waals surface area contributed by atoms with Crippen LogP contribution in [0.1, 0.15) is 46.0 Å². The number of benzene rings is 1. The smallest absolute Gasteiger partial charge is 0.294 e. The number of hydrogen-bond acceptors (Lipinski definition) is 5. The Labute approximate surface area is 167 Å². The van der Waals surface area contributed by atoms with Crippen molar-refractivity contribution < 1.29 is 9.72 Å². The Morgan fingerprint density at radius 2 is 2.11 bits per heavy atom. The summed E-state index contributed by atoms with van der Waals surface area (Å²) in [6.07, 6.45) is 6.93. The van der Waals surface area contributed by atoms with Gasteiger partial charge in [-0.2, -0.15) is 0 Å². The Hall–Kier alpha value is -2.89. The van der Waals surface area contributed by atoms with Crippen molar-refractivity contribution in [1.82, 2.24) is 0 Å². The molecule has 1 unspecified atom stereocenters. The van der Waals surface area contributed by atoms with Crippen molar-refractivity contribution in [1.29, 1.82) is 0 Å². The summed E-state index contributed by atoms with van der Waals surface area (Å²) >= 11 is 0. The Morgan fingerprint density at radius 3 is 2.71 bits per heavy atom. The zero-order valence-corrected chi connectivity index (χ0v) is 16.9. The summed E-state index contributed by atoms with van der Waals surface area (Å²) in [5.41, 5.74) is 9.14. The van der Waals surface area contributed by atoms with Crippen molar-refractivity contribution in [3.05, 3.63) is 64.3 Å². The molecule has 1 atom stereocenters. The number of nitrogens with two attached hydrogens (primary N) is 1. The molecular weight excluding hydrogens is 354 g/mol. The zero-order chi connectivity index (χ0) is 21.1. The van der Waals surface area contributed by atoms with Gasteiger partial charge in [0, 0.05) is 24.7 Å². The lowest BCUT2D eigenvalue weighted by molar-refractivity contribution is -0.383. The standard InChI is InChI=1S/C22H31N3O3/c1-5-6-7-17(3)18(4)19(14-16(2)11-13-26)10-12-24-21-9-8-20(23)15-22(21)25(27)28/h8-9,13-15,17,24H,2,4-7,10-12,23H2,1,3H3/b19-14-. The number of hydrogen-bond donors (Lipinski definition) is 2. The summed E-state index contributed by atoms with van der Waals surface area (Å²) in [7, 11) is 0. The van der Waals surface area contributed by atoms with Gasteiger partial charge in [0.2, 0.25) is 0 Å². The minimum Gasteiger partial charge on any atom is -0.399 e. The van der Waals surface area contributed by atoms with Crippen molar-refractivity contribution in [3.8, 4) is 0 Å². The third-order valence-corrected chi connectivity index (χ3v) is 4.65. The summed E-state index contributed by atoms with van der Waals surface area (Å²) in [6.45, 7) is 13.0. The van der Waals surface area contributed by atoms with Crippen LogP contribution in [0.5, 0.6) is 0 Å². The van der Waals surface area contributed by atoms with E-state index in [4.69, 9.17) is 5.73 Å². The first-order valence-electron chi connectivity index (χ1n) is 9.59. The maximum absolute atomic E-state index is 11.2. The molecule has 1 rings (SSSR count). The third kappa shape index (κ3) is 7.39. The molecule has 0 bridgehead atoms. The van der Waals surface area contributed by atoms with Crippen molar-refractivity contribution in [2.45, 2.75) is 46.0 Å². The van der Waals surface area contributed by atoms with Gasteiger partial charge in [-0.05, 0) is 47.6 Å². The summed E-state index contributed by atoms with van der Waals surface area (Å²) in [5, 5.41) is 14.3. The lowest BCUT2D eigenvalue weighted by Crippen LogP contribution is -2.09. The number of aldehydes is 1. The quantitative estimate of drug-likeness (QED) is 0.155. The molecule has 3 N–H and O–H groups in total. The van der Waals surface area contributed by atoms with Crippen LogP contribution in [-0.2, 0) is 4.79 Å². The molecule has 6 heteroatoms. The Morgan fingerprint density at radius 1 is 1.39 bits per heavy atom. The SMILES string of the molecule is C=C(/C=C(/CCNc1ccc(N)cc1[N+](=O)[O-])C(=C)C(C)CCCC)CC=O. The molecule has 0 radical (unpaired) electrons. The number of unbranched alkanes of at least 4 members (excludes halogenated alkanes) is 1. The third-order valence-electron chi connectivity index (χ3n) is 4.65. The molecule has 0 aliphatic carbocycles. The van der Waals surface area contributed by atoms with Gasteiger partial charge in [0.15, 0.2) is 0 Å². The number of carbonyl (C=O) groups is 1. The van der Waals surface area contributed by atoms with Gasteiger partial charge in [-0.1, -0.05) is 45.9 Å². The van der Waals surface area contributed by atoms with Crippen molar-refractivity contribution >= 4 is 23.3 Å². The van der Waals surface area contributed by atoms with Crippen LogP contribution in [0.2, 0.25) is 0 Å². The second kappa shape index (κ2) is 11.7. The molecule has 1 aromatic rings. The van der Waals surface area contributed by atoms with Gasteiger partial charge in [0.05, 0.1) is 4.92 Å². The Kier molecular flexibility index (Phi) is 9.71. The van der Waals surface area contributed by atoms with E-state index in [1.165, 1.54) is 6.07 Å². The van der Waals surface area contributed by atoms with E-state index in [-0.39, 0.29) is 12.1 Å². The van der Waals surface area contributed by atoms with Crippen LogP contribution in [-0.4, -0.2) is 17.8 Å². The predicted molar refractivity (Wildman–Crippen MR) is 116 cm³/mol. The number of nitro groups is 1. The second-order valence-corrected chi connectivity index (χ2v) is 6.98. The van der Waals surface area contributed by atoms with Gasteiger partial charge in [0.25, 0.3) is 5.69 Å². The van der Waals surface area contributed by atoms with Gasteiger partial charge in [0.1, 0.15) is 12.0 Å². The summed E-state index contributed by atoms with van der Waals surface area (Å²) in [4.78, 5) is 21.5. The maximum atomic E-state index is 11.2. The Balaban J connectivity index is 2.90. The fraction of sp³-hybridized carbons (Fsp3) is 0.409. The van der Waals surface area contributed by atoms with Crippen LogP contribution in [0.25, 0.3) is 0 Å². The molecule has 0 heterocycles. The molecule has 1 aromatic carbocycles. The second-order valence-electron chi connectivity index (χ2n) is 6.98. The summed E-state index contributed by atoms with van der Waals surface area (Å²) in [5.74, 6) is 0.320. The van der Waals surface area contributed by atoms with E-state index in [1.807, 2.05) is 6.08 Å². The number of carbonyl (C=O) groups excluding carboxylic acids is 1. The van der Waals surface area contributed by atoms with Gasteiger partial charge in [-0.15, -0.1) is 0 Å². The fourth-order valence-electron chi connectivity index (χ4n) is 2.92. The summed E-state index contributed by atoms with van der Waals surface area (Å²) in [6, 6.07) is 4.58. The fourth-order valence-corrected chi connectivity index (χ4v) is 2.92. The van der Waals surface area contributed by atoms with Gasteiger partial charge in [-0.3, -0.25) is 10.1 Å². The van der Waals surface area contributed by atoms with E-state index in [2.05, 4.69) is 32.3 Å². The van der Waals surface area contributed by atoms with Crippen LogP contribution < -0.4 is 11.1 Å². The van der Waals surface area contributed by atoms with Crippen LogP contribution in [0, 0.1) is 16.0 Å². The van der Waals surface area contributed by atoms with E-state index < -0.39 is 4.92 Å². The van der Waals surface area contributed by atoms with Gasteiger partial charge < -0.3 is 15.8 Å². The molecular formula is C22H31N3O3. The first kappa shape index (κ1) is 23.1. The van der Waals surface area contributed by atoms with Gasteiger partial charge in [-0.25, -0.2) is 0 Å². The van der Waals surface area contributed by atoms with E-state index >= 15 is 0 Å². The van der Waals surface area contributed by atoms with Crippen molar-refractivity contribution in [2.75, 3.05) is 17.6 Å². The first-order valence-corrected chi connectivity index (χ1v) is 9.59. The largest absolute Gasteiger partial charge is 0.399 e. The van der Waals surface area contributed by atoms with E-state index in [9.17, 15) is 14.9 Å². The number of nitrogens with zero attached hydrogens (tertiary/aromatic N) is 1. The average molecular weight is 386 g/mol. The van der Waals surface area contributed by atoms with E-state index in [0.29, 0.717) is 30.3 Å². The van der Waals surface area contributed by atoms with Crippen molar-refractivity contribution in [3.63, 3.8) is 0 Å². The number of nitro benzene ring substituents is 1. The first-order chi connectivity index (χ1) is 13.3. The zero-order valence-electron chi connectivity index (χ0n) is 16.9. The Bertz CT molecular complexity index is 753. The minimum absolute atomic E-state index is 0.0500. The number of nitrogens with one attached hydrogen (secondary N) is 1. The van der Waals surface area contributed by atoms with Crippen LogP contribution >= 0.6 is 0 Å². The molecule has 0 saturated carbocycles. The molecule has 0 aliphatic rings. The van der Waals surface area contributed by atoms with Crippen molar-refractivity contribution in [2.24, 2.45) is 5.92 Å². The average Bonchev–Trinajstić information content (AvgIpc) is 2.65. The highest BCUT2D eigenvalue weighted by Gasteiger charge is 2.15. The number of rotatable bonds is 13. The van der Waals surface area contributed by atoms with E-state index in [0.717, 1.165) is 42.3 Å². The number of allylic oxidation sites excluding steroid dienone is 3. The molecule has 0 fully saturated rings.